The topological polar surface area (TPSA) is 35.2 Å². The maximum absolute atomic E-state index is 5.02. The Bertz CT molecular complexity index is 1220. The first kappa shape index (κ1) is 23.5. The number of hydrogen-bond donors (Lipinski definition) is 1. The SMILES string of the molecule is Cc1ccccc1C(c1ccccc1C)N1CCN(C(C)c2nc(-c3ccccc3)[nH]c2C)CC1. The van der Waals surface area contributed by atoms with E-state index in [1.807, 2.05) is 6.07 Å². The quantitative estimate of drug-likeness (QED) is 0.355. The predicted octanol–water partition coefficient (Wildman–Crippen LogP) is 6.47. The molecule has 0 radical (unpaired) electrons. The van der Waals surface area contributed by atoms with Crippen molar-refractivity contribution in [2.45, 2.75) is 39.8 Å². The highest BCUT2D eigenvalue weighted by molar-refractivity contribution is 5.55. The molecular formula is C31H36N4. The number of aryl methyl sites for hydroxylation is 3. The van der Waals surface area contributed by atoms with Gasteiger partial charge in [-0.1, -0.05) is 78.9 Å². The molecule has 2 heterocycles. The number of imidazole rings is 1. The number of aromatic amines is 1. The van der Waals surface area contributed by atoms with E-state index in [1.165, 1.54) is 22.3 Å². The van der Waals surface area contributed by atoms with Crippen molar-refractivity contribution in [3.63, 3.8) is 0 Å². The van der Waals surface area contributed by atoms with Gasteiger partial charge in [-0.2, -0.15) is 0 Å². The Kier molecular flexibility index (Phi) is 6.85. The van der Waals surface area contributed by atoms with Crippen LogP contribution < -0.4 is 0 Å². The van der Waals surface area contributed by atoms with E-state index in [4.69, 9.17) is 4.98 Å². The standard InChI is InChI=1S/C31H36N4/c1-22-12-8-10-16-27(22)30(28-17-11-9-13-23(28)2)35-20-18-34(19-21-35)25(4)29-24(3)32-31(33-29)26-14-6-5-7-15-26/h5-17,25,30H,18-21H2,1-4H3,(H,32,33). The number of H-pyrrole nitrogens is 1. The molecule has 0 amide bonds. The summed E-state index contributed by atoms with van der Waals surface area (Å²) in [5.74, 6) is 0.961. The molecule has 1 fully saturated rings. The lowest BCUT2D eigenvalue weighted by Crippen LogP contribution is -2.48. The summed E-state index contributed by atoms with van der Waals surface area (Å²) in [7, 11) is 0. The molecule has 1 saturated heterocycles. The van der Waals surface area contributed by atoms with Gasteiger partial charge in [0.15, 0.2) is 0 Å². The monoisotopic (exact) mass is 464 g/mol. The van der Waals surface area contributed by atoms with E-state index < -0.39 is 0 Å². The Hall–Kier alpha value is -3.21. The van der Waals surface area contributed by atoms with Crippen molar-refractivity contribution in [2.24, 2.45) is 0 Å². The van der Waals surface area contributed by atoms with Gasteiger partial charge in [-0.15, -0.1) is 0 Å². The molecule has 4 nitrogen and oxygen atoms in total. The summed E-state index contributed by atoms with van der Waals surface area (Å²) in [5.41, 5.74) is 9.01. The lowest BCUT2D eigenvalue weighted by atomic mass is 9.90. The second-order valence-electron chi connectivity index (χ2n) is 9.83. The van der Waals surface area contributed by atoms with Crippen molar-refractivity contribution in [1.82, 2.24) is 19.8 Å². The van der Waals surface area contributed by atoms with Crippen molar-refractivity contribution >= 4 is 0 Å². The van der Waals surface area contributed by atoms with Gasteiger partial charge in [0.05, 0.1) is 17.8 Å². The van der Waals surface area contributed by atoms with Gasteiger partial charge in [-0.25, -0.2) is 4.98 Å². The fraction of sp³-hybridized carbons (Fsp3) is 0.323. The fourth-order valence-electron chi connectivity index (χ4n) is 5.52. The fourth-order valence-corrected chi connectivity index (χ4v) is 5.52. The molecule has 4 aromatic rings. The molecule has 0 bridgehead atoms. The third kappa shape index (κ3) is 4.82. The van der Waals surface area contributed by atoms with E-state index in [9.17, 15) is 0 Å². The maximum atomic E-state index is 5.02. The molecule has 1 aliphatic rings. The van der Waals surface area contributed by atoms with Crippen LogP contribution in [-0.4, -0.2) is 45.9 Å². The summed E-state index contributed by atoms with van der Waals surface area (Å²) in [6, 6.07) is 28.7. The number of piperazine rings is 1. The van der Waals surface area contributed by atoms with Gasteiger partial charge in [0.25, 0.3) is 0 Å². The third-order valence-corrected chi connectivity index (χ3v) is 7.59. The summed E-state index contributed by atoms with van der Waals surface area (Å²) in [5, 5.41) is 0. The van der Waals surface area contributed by atoms with Crippen LogP contribution in [0, 0.1) is 20.8 Å². The number of aromatic nitrogens is 2. The molecule has 3 aromatic carbocycles. The lowest BCUT2D eigenvalue weighted by Gasteiger charge is -2.42. The van der Waals surface area contributed by atoms with Crippen molar-refractivity contribution in [2.75, 3.05) is 26.2 Å². The average molecular weight is 465 g/mol. The van der Waals surface area contributed by atoms with Crippen LogP contribution >= 0.6 is 0 Å². The van der Waals surface area contributed by atoms with Gasteiger partial charge in [-0.05, 0) is 49.9 Å². The van der Waals surface area contributed by atoms with E-state index in [2.05, 4.69) is 115 Å². The van der Waals surface area contributed by atoms with E-state index in [-0.39, 0.29) is 12.1 Å². The van der Waals surface area contributed by atoms with E-state index in [1.54, 1.807) is 0 Å². The number of nitrogens with one attached hydrogen (secondary N) is 1. The summed E-state index contributed by atoms with van der Waals surface area (Å²) >= 11 is 0. The summed E-state index contributed by atoms with van der Waals surface area (Å²) in [6.45, 7) is 13.1. The molecule has 0 aliphatic carbocycles. The van der Waals surface area contributed by atoms with Crippen molar-refractivity contribution < 1.29 is 0 Å². The first-order chi connectivity index (χ1) is 17.0. The minimum atomic E-state index is 0.279. The Morgan fingerprint density at radius 1 is 0.686 bits per heavy atom. The minimum absolute atomic E-state index is 0.279. The summed E-state index contributed by atoms with van der Waals surface area (Å²) in [4.78, 5) is 13.8. The second-order valence-corrected chi connectivity index (χ2v) is 9.83. The molecule has 4 heteroatoms. The highest BCUT2D eigenvalue weighted by Gasteiger charge is 2.31. The maximum Gasteiger partial charge on any atom is 0.137 e. The van der Waals surface area contributed by atoms with Crippen LogP contribution in [0.1, 0.15) is 52.6 Å². The first-order valence-electron chi connectivity index (χ1n) is 12.7. The van der Waals surface area contributed by atoms with Gasteiger partial charge >= 0.3 is 0 Å². The predicted molar refractivity (Wildman–Crippen MR) is 145 cm³/mol. The molecular weight excluding hydrogens is 428 g/mol. The van der Waals surface area contributed by atoms with Crippen LogP contribution in [-0.2, 0) is 0 Å². The smallest absolute Gasteiger partial charge is 0.137 e. The molecule has 1 N–H and O–H groups in total. The van der Waals surface area contributed by atoms with E-state index >= 15 is 0 Å². The molecule has 180 valence electrons. The van der Waals surface area contributed by atoms with Crippen LogP contribution in [0.5, 0.6) is 0 Å². The Morgan fingerprint density at radius 2 is 1.20 bits per heavy atom. The molecule has 1 aliphatic heterocycles. The van der Waals surface area contributed by atoms with Gasteiger partial charge in [0.2, 0.25) is 0 Å². The van der Waals surface area contributed by atoms with Crippen LogP contribution in [0.25, 0.3) is 11.4 Å². The number of rotatable bonds is 6. The molecule has 35 heavy (non-hydrogen) atoms. The summed E-state index contributed by atoms with van der Waals surface area (Å²) < 4.78 is 0. The van der Waals surface area contributed by atoms with Gasteiger partial charge in [-0.3, -0.25) is 9.80 Å². The second kappa shape index (κ2) is 10.2. The van der Waals surface area contributed by atoms with Gasteiger partial charge in [0.1, 0.15) is 5.82 Å². The zero-order valence-corrected chi connectivity index (χ0v) is 21.3. The van der Waals surface area contributed by atoms with Gasteiger partial charge in [0, 0.05) is 37.4 Å². The molecule has 1 atom stereocenters. The summed E-state index contributed by atoms with van der Waals surface area (Å²) in [6.07, 6.45) is 0. The molecule has 1 unspecified atom stereocenters. The normalized spacial score (nSPS) is 16.0. The van der Waals surface area contributed by atoms with Crippen LogP contribution in [0.15, 0.2) is 78.9 Å². The number of benzene rings is 3. The van der Waals surface area contributed by atoms with Crippen molar-refractivity contribution in [3.8, 4) is 11.4 Å². The lowest BCUT2D eigenvalue weighted by molar-refractivity contribution is 0.0823. The largest absolute Gasteiger partial charge is 0.342 e. The van der Waals surface area contributed by atoms with E-state index in [0.717, 1.165) is 49.0 Å². The van der Waals surface area contributed by atoms with Crippen LogP contribution in [0.3, 0.4) is 0 Å². The molecule has 5 rings (SSSR count). The van der Waals surface area contributed by atoms with Crippen molar-refractivity contribution in [3.05, 3.63) is 113 Å². The highest BCUT2D eigenvalue weighted by atomic mass is 15.3. The first-order valence-corrected chi connectivity index (χ1v) is 12.7. The zero-order chi connectivity index (χ0) is 24.4. The van der Waals surface area contributed by atoms with E-state index in [0.29, 0.717) is 0 Å². The van der Waals surface area contributed by atoms with Crippen LogP contribution in [0.2, 0.25) is 0 Å². The van der Waals surface area contributed by atoms with Gasteiger partial charge < -0.3 is 4.98 Å². The molecule has 0 spiro atoms. The average Bonchev–Trinajstić information content (AvgIpc) is 3.28. The Balaban J connectivity index is 1.36. The number of hydrogen-bond acceptors (Lipinski definition) is 3. The minimum Gasteiger partial charge on any atom is -0.342 e. The zero-order valence-electron chi connectivity index (χ0n) is 21.3. The number of nitrogens with zero attached hydrogens (tertiary/aromatic N) is 3. The molecule has 1 aromatic heterocycles. The Morgan fingerprint density at radius 3 is 1.77 bits per heavy atom. The Labute approximate surface area is 209 Å². The third-order valence-electron chi connectivity index (χ3n) is 7.59. The molecule has 0 saturated carbocycles. The van der Waals surface area contributed by atoms with Crippen LogP contribution in [0.4, 0.5) is 0 Å². The van der Waals surface area contributed by atoms with Crippen molar-refractivity contribution in [1.29, 1.82) is 0 Å². The highest BCUT2D eigenvalue weighted by Crippen LogP contribution is 2.34.